The molecule has 0 saturated carbocycles. The Labute approximate surface area is 154 Å². The summed E-state index contributed by atoms with van der Waals surface area (Å²) in [6, 6.07) is 6.04. The zero-order valence-corrected chi connectivity index (χ0v) is 16.0. The molecule has 1 atom stereocenters. The molecule has 1 aromatic carbocycles. The number of H-pyrrole nitrogens is 1. The van der Waals surface area contributed by atoms with Gasteiger partial charge in [-0.05, 0) is 50.9 Å². The van der Waals surface area contributed by atoms with Crippen molar-refractivity contribution in [2.24, 2.45) is 0 Å². The summed E-state index contributed by atoms with van der Waals surface area (Å²) in [7, 11) is 3.30. The Morgan fingerprint density at radius 1 is 1.23 bits per heavy atom. The third-order valence-corrected chi connectivity index (χ3v) is 5.16. The predicted octanol–water partition coefficient (Wildman–Crippen LogP) is 2.78. The molecule has 3 rings (SSSR count). The normalized spacial score (nSPS) is 17.9. The van der Waals surface area contributed by atoms with E-state index < -0.39 is 0 Å². The zero-order chi connectivity index (χ0) is 18.7. The summed E-state index contributed by atoms with van der Waals surface area (Å²) < 4.78 is 10.7. The van der Waals surface area contributed by atoms with Gasteiger partial charge in [0.1, 0.15) is 5.82 Å². The molecule has 6 nitrogen and oxygen atoms in total. The standard InChI is InChI=1S/C20H27N3O3/c1-13-14(2)21-19(22-20(13)24)16-6-5-9-23(12-16)11-15-7-8-17(25-3)18(10-15)26-4/h7-8,10,16H,5-6,9,11-12H2,1-4H3,(H,21,22,24)/t16-/m1/s1. The van der Waals surface area contributed by atoms with Gasteiger partial charge in [-0.15, -0.1) is 0 Å². The largest absolute Gasteiger partial charge is 0.493 e. The Morgan fingerprint density at radius 3 is 2.69 bits per heavy atom. The van der Waals surface area contributed by atoms with Gasteiger partial charge in [-0.25, -0.2) is 4.98 Å². The van der Waals surface area contributed by atoms with Crippen molar-refractivity contribution < 1.29 is 9.47 Å². The van der Waals surface area contributed by atoms with Gasteiger partial charge >= 0.3 is 0 Å². The quantitative estimate of drug-likeness (QED) is 0.891. The van der Waals surface area contributed by atoms with Crippen LogP contribution >= 0.6 is 0 Å². The van der Waals surface area contributed by atoms with Crippen molar-refractivity contribution in [3.63, 3.8) is 0 Å². The third-order valence-electron chi connectivity index (χ3n) is 5.16. The van der Waals surface area contributed by atoms with Crippen LogP contribution < -0.4 is 15.0 Å². The van der Waals surface area contributed by atoms with E-state index in [0.717, 1.165) is 55.5 Å². The summed E-state index contributed by atoms with van der Waals surface area (Å²) >= 11 is 0. The number of hydrogen-bond donors (Lipinski definition) is 1. The van der Waals surface area contributed by atoms with Gasteiger partial charge in [0, 0.05) is 30.3 Å². The molecule has 0 amide bonds. The minimum absolute atomic E-state index is 0.0236. The number of aromatic nitrogens is 2. The molecule has 2 aromatic rings. The van der Waals surface area contributed by atoms with Crippen LogP contribution in [0.4, 0.5) is 0 Å². The van der Waals surface area contributed by atoms with Crippen LogP contribution in [-0.2, 0) is 6.54 Å². The van der Waals surface area contributed by atoms with Gasteiger partial charge in [-0.3, -0.25) is 9.69 Å². The number of rotatable bonds is 5. The second-order valence-corrected chi connectivity index (χ2v) is 6.93. The van der Waals surface area contributed by atoms with Gasteiger partial charge < -0.3 is 14.5 Å². The van der Waals surface area contributed by atoms with E-state index in [1.165, 1.54) is 5.56 Å². The molecule has 0 bridgehead atoms. The highest BCUT2D eigenvalue weighted by atomic mass is 16.5. The average molecular weight is 357 g/mol. The Bertz CT molecular complexity index is 832. The first kappa shape index (κ1) is 18.5. The average Bonchev–Trinajstić information content (AvgIpc) is 2.65. The van der Waals surface area contributed by atoms with E-state index in [0.29, 0.717) is 5.56 Å². The van der Waals surface area contributed by atoms with Crippen molar-refractivity contribution >= 4 is 0 Å². The maximum Gasteiger partial charge on any atom is 0.254 e. The van der Waals surface area contributed by atoms with Crippen molar-refractivity contribution in [1.82, 2.24) is 14.9 Å². The minimum Gasteiger partial charge on any atom is -0.493 e. The van der Waals surface area contributed by atoms with E-state index in [4.69, 9.17) is 9.47 Å². The number of nitrogens with zero attached hydrogens (tertiary/aromatic N) is 2. The first-order valence-electron chi connectivity index (χ1n) is 9.02. The summed E-state index contributed by atoms with van der Waals surface area (Å²) in [5.74, 6) is 2.56. The van der Waals surface area contributed by atoms with E-state index in [-0.39, 0.29) is 11.5 Å². The lowest BCUT2D eigenvalue weighted by Gasteiger charge is -2.32. The molecule has 1 saturated heterocycles. The summed E-state index contributed by atoms with van der Waals surface area (Å²) in [5, 5.41) is 0. The molecule has 1 aromatic heterocycles. The predicted molar refractivity (Wildman–Crippen MR) is 101 cm³/mol. The molecule has 0 spiro atoms. The number of nitrogens with one attached hydrogen (secondary N) is 1. The number of methoxy groups -OCH3 is 2. The Morgan fingerprint density at radius 2 is 2.00 bits per heavy atom. The van der Waals surface area contributed by atoms with E-state index in [2.05, 4.69) is 20.9 Å². The Balaban J connectivity index is 1.74. The van der Waals surface area contributed by atoms with Crippen molar-refractivity contribution in [3.05, 3.63) is 51.2 Å². The lowest BCUT2D eigenvalue weighted by atomic mass is 9.96. The molecule has 1 N–H and O–H groups in total. The van der Waals surface area contributed by atoms with E-state index >= 15 is 0 Å². The molecule has 0 unspecified atom stereocenters. The molecule has 2 heterocycles. The molecule has 1 aliphatic rings. The van der Waals surface area contributed by atoms with Crippen molar-refractivity contribution in [1.29, 1.82) is 0 Å². The van der Waals surface area contributed by atoms with Gasteiger partial charge in [0.2, 0.25) is 0 Å². The molecular weight excluding hydrogens is 330 g/mol. The van der Waals surface area contributed by atoms with Crippen molar-refractivity contribution in [3.8, 4) is 11.5 Å². The van der Waals surface area contributed by atoms with Crippen LogP contribution in [0, 0.1) is 13.8 Å². The smallest absolute Gasteiger partial charge is 0.254 e. The van der Waals surface area contributed by atoms with Gasteiger partial charge in [0.05, 0.1) is 14.2 Å². The van der Waals surface area contributed by atoms with Gasteiger partial charge in [0.15, 0.2) is 11.5 Å². The second-order valence-electron chi connectivity index (χ2n) is 6.93. The lowest BCUT2D eigenvalue weighted by molar-refractivity contribution is 0.196. The van der Waals surface area contributed by atoms with Crippen molar-refractivity contribution in [2.45, 2.75) is 39.2 Å². The fraction of sp³-hybridized carbons (Fsp3) is 0.500. The van der Waals surface area contributed by atoms with Gasteiger partial charge in [0.25, 0.3) is 5.56 Å². The van der Waals surface area contributed by atoms with Crippen LogP contribution in [-0.4, -0.2) is 42.2 Å². The van der Waals surface area contributed by atoms with Crippen LogP contribution in [0.2, 0.25) is 0 Å². The zero-order valence-electron chi connectivity index (χ0n) is 16.0. The van der Waals surface area contributed by atoms with Gasteiger partial charge in [-0.2, -0.15) is 0 Å². The van der Waals surface area contributed by atoms with Crippen molar-refractivity contribution in [2.75, 3.05) is 27.3 Å². The fourth-order valence-corrected chi connectivity index (χ4v) is 3.52. The number of piperidine rings is 1. The highest BCUT2D eigenvalue weighted by Gasteiger charge is 2.24. The molecule has 6 heteroatoms. The molecular formula is C20H27N3O3. The molecule has 26 heavy (non-hydrogen) atoms. The Kier molecular flexibility index (Phi) is 5.61. The summed E-state index contributed by atoms with van der Waals surface area (Å²) in [6.45, 7) is 6.49. The Hall–Kier alpha value is -2.34. The highest BCUT2D eigenvalue weighted by molar-refractivity contribution is 5.42. The monoisotopic (exact) mass is 357 g/mol. The highest BCUT2D eigenvalue weighted by Crippen LogP contribution is 2.30. The van der Waals surface area contributed by atoms with Crippen LogP contribution in [0.1, 0.15) is 41.4 Å². The summed E-state index contributed by atoms with van der Waals surface area (Å²) in [4.78, 5) is 22.1. The molecule has 0 radical (unpaired) electrons. The van der Waals surface area contributed by atoms with E-state index in [1.807, 2.05) is 26.0 Å². The molecule has 1 aliphatic heterocycles. The van der Waals surface area contributed by atoms with Crippen LogP contribution in [0.5, 0.6) is 11.5 Å². The lowest BCUT2D eigenvalue weighted by Crippen LogP contribution is -2.35. The maximum absolute atomic E-state index is 12.1. The first-order chi connectivity index (χ1) is 12.5. The SMILES string of the molecule is COc1ccc(CN2CCC[C@@H](c3nc(C)c(C)c(=O)[nH]3)C2)cc1OC. The topological polar surface area (TPSA) is 67.5 Å². The van der Waals surface area contributed by atoms with E-state index in [1.54, 1.807) is 14.2 Å². The van der Waals surface area contributed by atoms with E-state index in [9.17, 15) is 4.79 Å². The number of benzene rings is 1. The molecule has 140 valence electrons. The molecule has 0 aliphatic carbocycles. The summed E-state index contributed by atoms with van der Waals surface area (Å²) in [6.07, 6.45) is 2.14. The van der Waals surface area contributed by atoms with Gasteiger partial charge in [-0.1, -0.05) is 6.07 Å². The number of hydrogen-bond acceptors (Lipinski definition) is 5. The number of aryl methyl sites for hydroxylation is 1. The van der Waals surface area contributed by atoms with Crippen LogP contribution in [0.25, 0.3) is 0 Å². The molecule has 1 fully saturated rings. The fourth-order valence-electron chi connectivity index (χ4n) is 3.52. The number of aromatic amines is 1. The number of likely N-dealkylation sites (tertiary alicyclic amines) is 1. The van der Waals surface area contributed by atoms with Crippen LogP contribution in [0.3, 0.4) is 0 Å². The third kappa shape index (κ3) is 3.90. The number of ether oxygens (including phenoxy) is 2. The van der Waals surface area contributed by atoms with Crippen LogP contribution in [0.15, 0.2) is 23.0 Å². The maximum atomic E-state index is 12.1. The summed E-state index contributed by atoms with van der Waals surface area (Å²) in [5.41, 5.74) is 2.68. The second kappa shape index (κ2) is 7.91. The first-order valence-corrected chi connectivity index (χ1v) is 9.02. The minimum atomic E-state index is -0.0236.